The highest BCUT2D eigenvalue weighted by Gasteiger charge is 2.11. The van der Waals surface area contributed by atoms with Gasteiger partial charge in [-0.15, -0.1) is 0 Å². The zero-order valence-electron chi connectivity index (χ0n) is 11.2. The van der Waals surface area contributed by atoms with Crippen molar-refractivity contribution < 1.29 is 8.81 Å². The fraction of sp³-hybridized carbons (Fsp3) is 0.188. The van der Waals surface area contributed by atoms with Crippen LogP contribution in [0.5, 0.6) is 0 Å². The molecule has 0 saturated carbocycles. The number of hydrogen-bond donors (Lipinski definition) is 1. The molecular formula is C16H15FN2O. The number of aromatic nitrogens is 1. The molecule has 0 radical (unpaired) electrons. The molecule has 3 aromatic rings. The normalized spacial score (nSPS) is 11.1. The quantitative estimate of drug-likeness (QED) is 0.789. The minimum absolute atomic E-state index is 0.223. The molecule has 0 aliphatic heterocycles. The lowest BCUT2D eigenvalue weighted by Crippen LogP contribution is -2.10. The zero-order valence-corrected chi connectivity index (χ0v) is 11.2. The van der Waals surface area contributed by atoms with E-state index in [-0.39, 0.29) is 5.82 Å². The maximum absolute atomic E-state index is 13.8. The molecule has 0 amide bonds. The van der Waals surface area contributed by atoms with Crippen molar-refractivity contribution >= 4 is 10.8 Å². The third-order valence-corrected chi connectivity index (χ3v) is 3.28. The standard InChI is InChI=1S/C16H15FN2O/c1-18-9-8-16-19-10-15(20-16)13-6-7-14(17)12-5-3-2-4-11(12)13/h2-7,10,18H,8-9H2,1H3. The average Bonchev–Trinajstić information content (AvgIpc) is 2.94. The lowest BCUT2D eigenvalue weighted by Gasteiger charge is -2.04. The second-order valence-electron chi connectivity index (χ2n) is 4.61. The van der Waals surface area contributed by atoms with Gasteiger partial charge in [0.25, 0.3) is 0 Å². The van der Waals surface area contributed by atoms with Gasteiger partial charge in [0.15, 0.2) is 11.7 Å². The predicted octanol–water partition coefficient (Wildman–Crippen LogP) is 3.40. The molecule has 0 aliphatic rings. The van der Waals surface area contributed by atoms with E-state index in [2.05, 4.69) is 10.3 Å². The Morgan fingerprint density at radius 2 is 1.95 bits per heavy atom. The second-order valence-corrected chi connectivity index (χ2v) is 4.61. The van der Waals surface area contributed by atoms with Crippen molar-refractivity contribution in [3.05, 3.63) is 54.3 Å². The number of rotatable bonds is 4. The average molecular weight is 270 g/mol. The first-order valence-corrected chi connectivity index (χ1v) is 6.56. The first-order chi connectivity index (χ1) is 9.79. The van der Waals surface area contributed by atoms with E-state index in [1.807, 2.05) is 25.2 Å². The van der Waals surface area contributed by atoms with Gasteiger partial charge in [-0.05, 0) is 24.6 Å². The van der Waals surface area contributed by atoms with Crippen molar-refractivity contribution in [2.45, 2.75) is 6.42 Å². The summed E-state index contributed by atoms with van der Waals surface area (Å²) in [5, 5.41) is 4.49. The first kappa shape index (κ1) is 12.8. The number of nitrogens with one attached hydrogen (secondary N) is 1. The fourth-order valence-corrected chi connectivity index (χ4v) is 2.26. The summed E-state index contributed by atoms with van der Waals surface area (Å²) in [4.78, 5) is 4.26. The first-order valence-electron chi connectivity index (χ1n) is 6.56. The lowest BCUT2D eigenvalue weighted by atomic mass is 10.0. The molecule has 1 heterocycles. The van der Waals surface area contributed by atoms with Crippen molar-refractivity contribution in [3.8, 4) is 11.3 Å². The van der Waals surface area contributed by atoms with Gasteiger partial charge in [-0.2, -0.15) is 0 Å². The number of oxazole rings is 1. The molecule has 2 aromatic carbocycles. The summed E-state index contributed by atoms with van der Waals surface area (Å²) in [5.74, 6) is 1.13. The van der Waals surface area contributed by atoms with Crippen molar-refractivity contribution in [1.29, 1.82) is 0 Å². The van der Waals surface area contributed by atoms with Crippen LogP contribution in [0.15, 0.2) is 47.0 Å². The van der Waals surface area contributed by atoms with E-state index < -0.39 is 0 Å². The van der Waals surface area contributed by atoms with Crippen LogP contribution in [0.2, 0.25) is 0 Å². The van der Waals surface area contributed by atoms with Gasteiger partial charge in [-0.3, -0.25) is 0 Å². The van der Waals surface area contributed by atoms with Crippen LogP contribution in [0, 0.1) is 5.82 Å². The second kappa shape index (κ2) is 5.43. The Kier molecular flexibility index (Phi) is 3.48. The summed E-state index contributed by atoms with van der Waals surface area (Å²) < 4.78 is 19.5. The number of benzene rings is 2. The molecule has 0 saturated heterocycles. The van der Waals surface area contributed by atoms with Gasteiger partial charge in [0.2, 0.25) is 0 Å². The molecule has 0 unspecified atom stereocenters. The third-order valence-electron chi connectivity index (χ3n) is 3.28. The summed E-state index contributed by atoms with van der Waals surface area (Å²) in [6.07, 6.45) is 2.43. The number of nitrogens with zero attached hydrogens (tertiary/aromatic N) is 1. The molecule has 1 aromatic heterocycles. The SMILES string of the molecule is CNCCc1ncc(-c2ccc(F)c3ccccc23)o1. The van der Waals surface area contributed by atoms with E-state index >= 15 is 0 Å². The molecule has 4 heteroatoms. The smallest absolute Gasteiger partial charge is 0.196 e. The predicted molar refractivity (Wildman–Crippen MR) is 77.0 cm³/mol. The third kappa shape index (κ3) is 2.30. The number of hydrogen-bond acceptors (Lipinski definition) is 3. The Morgan fingerprint density at radius 1 is 1.15 bits per heavy atom. The Balaban J connectivity index is 2.06. The van der Waals surface area contributed by atoms with Gasteiger partial charge >= 0.3 is 0 Å². The Hall–Kier alpha value is -2.20. The minimum Gasteiger partial charge on any atom is -0.441 e. The van der Waals surface area contributed by atoms with Crippen molar-refractivity contribution in [3.63, 3.8) is 0 Å². The Morgan fingerprint density at radius 3 is 2.75 bits per heavy atom. The number of likely N-dealkylation sites (N-methyl/N-ethyl adjacent to an activating group) is 1. The van der Waals surface area contributed by atoms with Crippen molar-refractivity contribution in [2.75, 3.05) is 13.6 Å². The summed E-state index contributed by atoms with van der Waals surface area (Å²) in [6, 6.07) is 10.6. The van der Waals surface area contributed by atoms with Crippen LogP contribution < -0.4 is 5.32 Å². The van der Waals surface area contributed by atoms with Crippen molar-refractivity contribution in [2.24, 2.45) is 0 Å². The van der Waals surface area contributed by atoms with E-state index in [0.717, 1.165) is 23.9 Å². The van der Waals surface area contributed by atoms with E-state index in [1.54, 1.807) is 18.3 Å². The van der Waals surface area contributed by atoms with E-state index in [1.165, 1.54) is 6.07 Å². The topological polar surface area (TPSA) is 38.1 Å². The van der Waals surface area contributed by atoms with Crippen LogP contribution in [0.3, 0.4) is 0 Å². The highest BCUT2D eigenvalue weighted by molar-refractivity contribution is 5.95. The molecule has 20 heavy (non-hydrogen) atoms. The van der Waals surface area contributed by atoms with Crippen LogP contribution in [0.4, 0.5) is 4.39 Å². The molecule has 0 aliphatic carbocycles. The summed E-state index contributed by atoms with van der Waals surface area (Å²) in [6.45, 7) is 0.810. The van der Waals surface area contributed by atoms with E-state index in [0.29, 0.717) is 17.0 Å². The Labute approximate surface area is 116 Å². The maximum Gasteiger partial charge on any atom is 0.196 e. The molecule has 102 valence electrons. The van der Waals surface area contributed by atoms with E-state index in [4.69, 9.17) is 4.42 Å². The van der Waals surface area contributed by atoms with Gasteiger partial charge < -0.3 is 9.73 Å². The molecule has 3 nitrogen and oxygen atoms in total. The molecule has 3 rings (SSSR count). The van der Waals surface area contributed by atoms with Gasteiger partial charge in [-0.25, -0.2) is 9.37 Å². The lowest BCUT2D eigenvalue weighted by molar-refractivity contribution is 0.501. The molecule has 0 spiro atoms. The monoisotopic (exact) mass is 270 g/mol. The van der Waals surface area contributed by atoms with Gasteiger partial charge in [-0.1, -0.05) is 24.3 Å². The molecule has 0 fully saturated rings. The van der Waals surface area contributed by atoms with Gasteiger partial charge in [0.05, 0.1) is 6.20 Å². The van der Waals surface area contributed by atoms with E-state index in [9.17, 15) is 4.39 Å². The molecule has 0 bridgehead atoms. The van der Waals surface area contributed by atoms with Crippen LogP contribution in [0.25, 0.3) is 22.1 Å². The van der Waals surface area contributed by atoms with Gasteiger partial charge in [0, 0.05) is 23.9 Å². The molecule has 1 N–H and O–H groups in total. The highest BCUT2D eigenvalue weighted by atomic mass is 19.1. The van der Waals surface area contributed by atoms with Gasteiger partial charge in [0.1, 0.15) is 5.82 Å². The minimum atomic E-state index is -0.223. The largest absolute Gasteiger partial charge is 0.441 e. The zero-order chi connectivity index (χ0) is 13.9. The molecular weight excluding hydrogens is 255 g/mol. The van der Waals surface area contributed by atoms with Crippen molar-refractivity contribution in [1.82, 2.24) is 10.3 Å². The molecule has 0 atom stereocenters. The van der Waals surface area contributed by atoms with Crippen LogP contribution in [0.1, 0.15) is 5.89 Å². The van der Waals surface area contributed by atoms with Crippen LogP contribution in [-0.4, -0.2) is 18.6 Å². The summed E-state index contributed by atoms with van der Waals surface area (Å²) >= 11 is 0. The van der Waals surface area contributed by atoms with Crippen LogP contribution >= 0.6 is 0 Å². The maximum atomic E-state index is 13.8. The highest BCUT2D eigenvalue weighted by Crippen LogP contribution is 2.30. The Bertz CT molecular complexity index is 736. The summed E-state index contributed by atoms with van der Waals surface area (Å²) in [5.41, 5.74) is 0.866. The fourth-order valence-electron chi connectivity index (χ4n) is 2.26. The van der Waals surface area contributed by atoms with Crippen LogP contribution in [-0.2, 0) is 6.42 Å². The number of halogens is 1. The summed E-state index contributed by atoms with van der Waals surface area (Å²) in [7, 11) is 1.89. The number of fused-ring (bicyclic) bond motifs is 1.